The van der Waals surface area contributed by atoms with Crippen molar-refractivity contribution in [1.82, 2.24) is 0 Å². The van der Waals surface area contributed by atoms with Gasteiger partial charge in [0.1, 0.15) is 0 Å². The van der Waals surface area contributed by atoms with Crippen LogP contribution < -0.4 is 4.90 Å². The number of fused-ring (bicyclic) bond motifs is 1. The molecule has 0 fully saturated rings. The van der Waals surface area contributed by atoms with E-state index in [4.69, 9.17) is 0 Å². The first-order chi connectivity index (χ1) is 14.7. The van der Waals surface area contributed by atoms with E-state index in [0.29, 0.717) is 0 Å². The Morgan fingerprint density at radius 1 is 0.903 bits per heavy atom. The van der Waals surface area contributed by atoms with Gasteiger partial charge in [-0.3, -0.25) is 0 Å². The van der Waals surface area contributed by atoms with Crippen LogP contribution in [0.5, 0.6) is 0 Å². The average molecular weight is 410 g/mol. The third kappa shape index (κ3) is 4.51. The summed E-state index contributed by atoms with van der Waals surface area (Å²) in [6.45, 7) is 15.5. The van der Waals surface area contributed by atoms with E-state index in [1.165, 1.54) is 28.1 Å². The van der Waals surface area contributed by atoms with Gasteiger partial charge in [0.15, 0.2) is 0 Å². The molecule has 0 amide bonds. The fourth-order valence-electron chi connectivity index (χ4n) is 4.47. The second-order valence-corrected chi connectivity index (χ2v) is 9.35. The molecule has 0 unspecified atom stereocenters. The molecule has 0 aliphatic carbocycles. The molecule has 0 N–H and O–H groups in total. The van der Waals surface area contributed by atoms with Crippen molar-refractivity contribution in [1.29, 1.82) is 0 Å². The Bertz CT molecular complexity index is 1070. The van der Waals surface area contributed by atoms with Crippen LogP contribution in [0.3, 0.4) is 0 Å². The van der Waals surface area contributed by atoms with Crippen LogP contribution in [-0.4, -0.2) is 7.05 Å². The summed E-state index contributed by atoms with van der Waals surface area (Å²) < 4.78 is 0. The molecule has 0 spiro atoms. The van der Waals surface area contributed by atoms with Gasteiger partial charge in [-0.25, -0.2) is 0 Å². The van der Waals surface area contributed by atoms with Gasteiger partial charge in [-0.2, -0.15) is 0 Å². The molecule has 2 aromatic carbocycles. The molecule has 1 nitrogen and oxygen atoms in total. The number of hydrogen-bond donors (Lipinski definition) is 0. The van der Waals surface area contributed by atoms with Crippen LogP contribution in [-0.2, 0) is 10.8 Å². The number of hydrogen-bond acceptors (Lipinski definition) is 1. The average Bonchev–Trinajstić information content (AvgIpc) is 2.93. The minimum atomic E-state index is -0.0937. The van der Waals surface area contributed by atoms with Crippen LogP contribution in [0.4, 0.5) is 5.69 Å². The van der Waals surface area contributed by atoms with E-state index in [1.54, 1.807) is 0 Å². The number of rotatable bonds is 6. The Balaban J connectivity index is 1.64. The van der Waals surface area contributed by atoms with Gasteiger partial charge in [0.2, 0.25) is 0 Å². The highest BCUT2D eigenvalue weighted by Crippen LogP contribution is 2.46. The summed E-state index contributed by atoms with van der Waals surface area (Å²) in [5.74, 6) is 0. The van der Waals surface area contributed by atoms with Crippen molar-refractivity contribution in [2.24, 2.45) is 0 Å². The second kappa shape index (κ2) is 8.98. The Morgan fingerprint density at radius 2 is 1.52 bits per heavy atom. The lowest BCUT2D eigenvalue weighted by atomic mass is 9.76. The molecule has 0 aromatic heterocycles. The molecule has 0 bridgehead atoms. The Morgan fingerprint density at radius 3 is 2.23 bits per heavy atom. The van der Waals surface area contributed by atoms with Crippen LogP contribution in [0.15, 0.2) is 109 Å². The van der Waals surface area contributed by atoms with E-state index in [9.17, 15) is 0 Å². The maximum atomic E-state index is 4.32. The van der Waals surface area contributed by atoms with Crippen LogP contribution in [0, 0.1) is 6.92 Å². The lowest BCUT2D eigenvalue weighted by molar-refractivity contribution is 0.637. The largest absolute Gasteiger partial charge is 0.347 e. The van der Waals surface area contributed by atoms with Gasteiger partial charge in [-0.05, 0) is 41.3 Å². The molecule has 1 aliphatic heterocycles. The van der Waals surface area contributed by atoms with Crippen molar-refractivity contribution in [2.75, 3.05) is 11.9 Å². The standard InChI is InChI=1S/C30H35N/c1-23-17-13-14-19-25(23)29(3,4)24(2)18-11-9-8-10-12-22-28-30(5,6)26-20-15-16-21-27(26)31(28)7/h8-22H,2H2,1,3-7H3/b9-8+,12-10+,18-11+,28-22-. The number of para-hydroxylation sites is 1. The summed E-state index contributed by atoms with van der Waals surface area (Å²) in [5, 5.41) is 0. The monoisotopic (exact) mass is 409 g/mol. The Hall–Kier alpha value is -3.06. The van der Waals surface area contributed by atoms with Gasteiger partial charge in [-0.15, -0.1) is 0 Å². The van der Waals surface area contributed by atoms with Gasteiger partial charge in [-0.1, -0.05) is 113 Å². The van der Waals surface area contributed by atoms with E-state index in [1.807, 2.05) is 0 Å². The van der Waals surface area contributed by atoms with Crippen molar-refractivity contribution >= 4 is 5.69 Å². The summed E-state index contributed by atoms with van der Waals surface area (Å²) in [6.07, 6.45) is 14.7. The smallest absolute Gasteiger partial charge is 0.0447 e. The zero-order valence-electron chi connectivity index (χ0n) is 19.8. The van der Waals surface area contributed by atoms with Crippen molar-refractivity contribution in [3.8, 4) is 0 Å². The molecule has 1 heteroatoms. The van der Waals surface area contributed by atoms with Crippen molar-refractivity contribution in [3.63, 3.8) is 0 Å². The lowest BCUT2D eigenvalue weighted by Crippen LogP contribution is -2.22. The lowest BCUT2D eigenvalue weighted by Gasteiger charge is -2.28. The normalized spacial score (nSPS) is 17.4. The minimum Gasteiger partial charge on any atom is -0.347 e. The van der Waals surface area contributed by atoms with Crippen LogP contribution >= 0.6 is 0 Å². The van der Waals surface area contributed by atoms with Gasteiger partial charge in [0.25, 0.3) is 0 Å². The molecular weight excluding hydrogens is 374 g/mol. The van der Waals surface area contributed by atoms with Crippen LogP contribution in [0.25, 0.3) is 0 Å². The maximum Gasteiger partial charge on any atom is 0.0447 e. The third-order valence-electron chi connectivity index (χ3n) is 6.56. The molecule has 31 heavy (non-hydrogen) atoms. The minimum absolute atomic E-state index is 0.0121. The summed E-state index contributed by atoms with van der Waals surface area (Å²) in [5.41, 5.74) is 7.62. The summed E-state index contributed by atoms with van der Waals surface area (Å²) in [6, 6.07) is 17.2. The highest BCUT2D eigenvalue weighted by atomic mass is 15.2. The van der Waals surface area contributed by atoms with E-state index in [2.05, 4.69) is 144 Å². The SMILES string of the molecule is C=C(/C=C/C=C/C=C/C=C1\N(C)c2ccccc2C1(C)C)C(C)(C)c1ccccc1C. The first-order valence-corrected chi connectivity index (χ1v) is 11.0. The Kier molecular flexibility index (Phi) is 6.55. The number of nitrogens with zero attached hydrogens (tertiary/aromatic N) is 1. The van der Waals surface area contributed by atoms with Crippen molar-refractivity contribution < 1.29 is 0 Å². The number of aryl methyl sites for hydroxylation is 1. The highest BCUT2D eigenvalue weighted by molar-refractivity contribution is 5.70. The fraction of sp³-hybridized carbons (Fsp3) is 0.267. The first-order valence-electron chi connectivity index (χ1n) is 11.0. The van der Waals surface area contributed by atoms with E-state index < -0.39 is 0 Å². The maximum absolute atomic E-state index is 4.32. The highest BCUT2D eigenvalue weighted by Gasteiger charge is 2.37. The number of benzene rings is 2. The van der Waals surface area contributed by atoms with Crippen molar-refractivity contribution in [2.45, 2.75) is 45.4 Å². The van der Waals surface area contributed by atoms with Gasteiger partial charge in [0, 0.05) is 29.3 Å². The van der Waals surface area contributed by atoms with E-state index in [-0.39, 0.29) is 10.8 Å². The van der Waals surface area contributed by atoms with Gasteiger partial charge in [0.05, 0.1) is 0 Å². The molecular formula is C30H35N. The van der Waals surface area contributed by atoms with Crippen LogP contribution in [0.2, 0.25) is 0 Å². The summed E-state index contributed by atoms with van der Waals surface area (Å²) >= 11 is 0. The number of anilines is 1. The number of likely N-dealkylation sites (N-methyl/N-ethyl adjacent to an activating group) is 1. The second-order valence-electron chi connectivity index (χ2n) is 9.35. The van der Waals surface area contributed by atoms with Gasteiger partial charge >= 0.3 is 0 Å². The fourth-order valence-corrected chi connectivity index (χ4v) is 4.47. The zero-order valence-corrected chi connectivity index (χ0v) is 19.8. The first kappa shape index (κ1) is 22.6. The number of allylic oxidation sites excluding steroid dienone is 9. The van der Waals surface area contributed by atoms with Crippen LogP contribution in [0.1, 0.15) is 44.4 Å². The molecule has 0 saturated carbocycles. The molecule has 3 rings (SSSR count). The molecule has 0 radical (unpaired) electrons. The summed E-state index contributed by atoms with van der Waals surface area (Å²) in [7, 11) is 2.15. The molecule has 1 heterocycles. The Labute approximate surface area is 188 Å². The topological polar surface area (TPSA) is 3.24 Å². The molecule has 0 saturated heterocycles. The zero-order chi connectivity index (χ0) is 22.6. The predicted molar refractivity (Wildman–Crippen MR) is 137 cm³/mol. The van der Waals surface area contributed by atoms with Gasteiger partial charge < -0.3 is 4.90 Å². The van der Waals surface area contributed by atoms with Crippen molar-refractivity contribution in [3.05, 3.63) is 126 Å². The molecule has 1 aliphatic rings. The molecule has 160 valence electrons. The summed E-state index contributed by atoms with van der Waals surface area (Å²) in [4.78, 5) is 2.29. The quantitative estimate of drug-likeness (QED) is 0.440. The molecule has 0 atom stereocenters. The van der Waals surface area contributed by atoms with E-state index in [0.717, 1.165) is 5.57 Å². The molecule has 2 aromatic rings. The van der Waals surface area contributed by atoms with E-state index >= 15 is 0 Å². The predicted octanol–water partition coefficient (Wildman–Crippen LogP) is 7.81. The third-order valence-corrected chi connectivity index (χ3v) is 6.56.